The van der Waals surface area contributed by atoms with E-state index in [9.17, 15) is 5.11 Å². The Bertz CT molecular complexity index is 622. The molecule has 0 amide bonds. The van der Waals surface area contributed by atoms with E-state index in [1.54, 1.807) is 6.20 Å². The first-order valence-corrected chi connectivity index (χ1v) is 7.08. The summed E-state index contributed by atoms with van der Waals surface area (Å²) in [6, 6.07) is 1.95. The fraction of sp³-hybridized carbons (Fsp3) is 0.333. The third-order valence-corrected chi connectivity index (χ3v) is 4.44. The van der Waals surface area contributed by atoms with E-state index in [0.29, 0.717) is 11.7 Å². The number of aliphatic hydroxyl groups is 1. The van der Waals surface area contributed by atoms with E-state index in [0.717, 1.165) is 20.2 Å². The summed E-state index contributed by atoms with van der Waals surface area (Å²) in [4.78, 5) is 10.7. The van der Waals surface area contributed by atoms with Crippen LogP contribution in [0.3, 0.4) is 0 Å². The molecule has 2 unspecified atom stereocenters. The van der Waals surface area contributed by atoms with Crippen LogP contribution in [0.15, 0.2) is 18.5 Å². The van der Waals surface area contributed by atoms with Gasteiger partial charge in [-0.25, -0.2) is 9.97 Å². The molecule has 0 saturated carbocycles. The van der Waals surface area contributed by atoms with E-state index in [2.05, 4.69) is 37.5 Å². The highest BCUT2D eigenvalue weighted by Crippen LogP contribution is 2.33. The molecule has 2 aromatic rings. The summed E-state index contributed by atoms with van der Waals surface area (Å²) < 4.78 is 1.05. The van der Waals surface area contributed by atoms with E-state index in [-0.39, 0.29) is 12.1 Å². The van der Waals surface area contributed by atoms with E-state index in [1.165, 1.54) is 0 Å². The normalized spacial score (nSPS) is 23.2. The Morgan fingerprint density at radius 1 is 1.39 bits per heavy atom. The minimum Gasteiger partial charge on any atom is -0.389 e. The molecule has 6 heteroatoms. The van der Waals surface area contributed by atoms with Crippen molar-refractivity contribution in [2.75, 3.05) is 11.4 Å². The summed E-state index contributed by atoms with van der Waals surface area (Å²) in [6.45, 7) is 2.61. The molecule has 4 nitrogen and oxygen atoms in total. The van der Waals surface area contributed by atoms with Crippen LogP contribution >= 0.6 is 34.2 Å². The van der Waals surface area contributed by atoms with Crippen molar-refractivity contribution in [3.8, 4) is 0 Å². The molecule has 0 spiro atoms. The van der Waals surface area contributed by atoms with Crippen molar-refractivity contribution in [3.63, 3.8) is 0 Å². The second-order valence-electron chi connectivity index (χ2n) is 4.44. The number of halogens is 2. The summed E-state index contributed by atoms with van der Waals surface area (Å²) >= 11 is 8.17. The van der Waals surface area contributed by atoms with Crippen molar-refractivity contribution >= 4 is 50.8 Å². The van der Waals surface area contributed by atoms with Gasteiger partial charge in [0.25, 0.3) is 0 Å². The molecule has 3 rings (SSSR count). The summed E-state index contributed by atoms with van der Waals surface area (Å²) in [5, 5.41) is 12.1. The number of rotatable bonds is 1. The number of aliphatic hydroxyl groups excluding tert-OH is 1. The lowest BCUT2D eigenvalue weighted by atomic mass is 10.0. The molecule has 1 fully saturated rings. The molecule has 18 heavy (non-hydrogen) atoms. The van der Waals surface area contributed by atoms with Gasteiger partial charge in [0.15, 0.2) is 0 Å². The number of hydrogen-bond donors (Lipinski definition) is 1. The molecular weight excluding hydrogens is 365 g/mol. The Labute approximate surface area is 123 Å². The Balaban J connectivity index is 2.16. The number of nitrogens with zero attached hydrogens (tertiary/aromatic N) is 3. The van der Waals surface area contributed by atoms with Crippen LogP contribution in [0.1, 0.15) is 6.92 Å². The van der Waals surface area contributed by atoms with Crippen molar-refractivity contribution in [3.05, 3.63) is 27.2 Å². The number of aromatic nitrogens is 2. The molecular formula is C12H11ClIN3O. The average Bonchev–Trinajstić information content (AvgIpc) is 2.37. The van der Waals surface area contributed by atoms with Gasteiger partial charge in [0, 0.05) is 33.3 Å². The number of β-amino-alcohol motifs (C(OH)–C–C–N with tert-alkyl or cyclic N) is 1. The van der Waals surface area contributed by atoms with Crippen molar-refractivity contribution in [2.45, 2.75) is 19.1 Å². The number of anilines is 1. The molecule has 1 aliphatic heterocycles. The molecule has 2 atom stereocenters. The van der Waals surface area contributed by atoms with Crippen molar-refractivity contribution in [1.82, 2.24) is 9.97 Å². The second kappa shape index (κ2) is 4.47. The predicted molar refractivity (Wildman–Crippen MR) is 80.1 cm³/mol. The lowest BCUT2D eigenvalue weighted by molar-refractivity contribution is 0.0990. The average molecular weight is 376 g/mol. The van der Waals surface area contributed by atoms with Crippen molar-refractivity contribution in [2.24, 2.45) is 0 Å². The first-order chi connectivity index (χ1) is 8.58. The van der Waals surface area contributed by atoms with Crippen LogP contribution < -0.4 is 4.90 Å². The minimum absolute atomic E-state index is 0.0939. The zero-order valence-electron chi connectivity index (χ0n) is 9.64. The third-order valence-electron chi connectivity index (χ3n) is 3.37. The first-order valence-electron chi connectivity index (χ1n) is 5.62. The smallest absolute Gasteiger partial charge is 0.138 e. The zero-order valence-corrected chi connectivity index (χ0v) is 12.6. The lowest BCUT2D eigenvalue weighted by Gasteiger charge is -2.44. The van der Waals surface area contributed by atoms with Gasteiger partial charge >= 0.3 is 0 Å². The molecule has 0 radical (unpaired) electrons. The van der Waals surface area contributed by atoms with E-state index >= 15 is 0 Å². The zero-order chi connectivity index (χ0) is 12.9. The number of fused-ring (bicyclic) bond motifs is 1. The van der Waals surface area contributed by atoms with Crippen LogP contribution in [0.4, 0.5) is 5.82 Å². The van der Waals surface area contributed by atoms with Gasteiger partial charge in [0.2, 0.25) is 0 Å². The summed E-state index contributed by atoms with van der Waals surface area (Å²) in [7, 11) is 0. The Kier molecular flexibility index (Phi) is 3.07. The molecule has 0 aromatic carbocycles. The summed E-state index contributed by atoms with van der Waals surface area (Å²) in [5.41, 5.74) is 0. The van der Waals surface area contributed by atoms with E-state index < -0.39 is 0 Å². The van der Waals surface area contributed by atoms with Crippen LogP contribution in [0.25, 0.3) is 10.8 Å². The largest absolute Gasteiger partial charge is 0.389 e. The van der Waals surface area contributed by atoms with Crippen LogP contribution in [0.5, 0.6) is 0 Å². The molecule has 3 heterocycles. The van der Waals surface area contributed by atoms with Crippen LogP contribution in [-0.4, -0.2) is 33.8 Å². The van der Waals surface area contributed by atoms with Gasteiger partial charge in [-0.3, -0.25) is 0 Å². The van der Waals surface area contributed by atoms with Crippen molar-refractivity contribution < 1.29 is 5.11 Å². The second-order valence-corrected chi connectivity index (χ2v) is 5.99. The molecule has 1 aliphatic rings. The van der Waals surface area contributed by atoms with Crippen LogP contribution in [0.2, 0.25) is 5.15 Å². The van der Waals surface area contributed by atoms with Gasteiger partial charge in [0.05, 0.1) is 12.1 Å². The fourth-order valence-corrected chi connectivity index (χ4v) is 2.90. The van der Waals surface area contributed by atoms with Gasteiger partial charge in [-0.1, -0.05) is 11.6 Å². The van der Waals surface area contributed by atoms with Gasteiger partial charge in [0.1, 0.15) is 11.0 Å². The minimum atomic E-state index is -0.276. The highest BCUT2D eigenvalue weighted by atomic mass is 127. The molecule has 94 valence electrons. The van der Waals surface area contributed by atoms with Gasteiger partial charge in [-0.05, 0) is 35.6 Å². The van der Waals surface area contributed by atoms with E-state index in [4.69, 9.17) is 11.6 Å². The SMILES string of the molecule is CC1C(O)CN1c1ncc(I)c2cc(Cl)ncc12. The molecule has 1 N–H and O–H groups in total. The molecule has 0 aliphatic carbocycles. The van der Waals surface area contributed by atoms with Gasteiger partial charge in [-0.2, -0.15) is 0 Å². The lowest BCUT2D eigenvalue weighted by Crippen LogP contribution is -2.59. The monoisotopic (exact) mass is 375 g/mol. The van der Waals surface area contributed by atoms with Crippen molar-refractivity contribution in [1.29, 1.82) is 0 Å². The van der Waals surface area contributed by atoms with E-state index in [1.807, 2.05) is 19.2 Å². The first kappa shape index (κ1) is 12.4. The highest BCUT2D eigenvalue weighted by Gasteiger charge is 2.35. The Morgan fingerprint density at radius 2 is 2.17 bits per heavy atom. The maximum Gasteiger partial charge on any atom is 0.138 e. The third kappa shape index (κ3) is 1.85. The Hall–Kier alpha value is -0.660. The molecule has 0 bridgehead atoms. The van der Waals surface area contributed by atoms with Gasteiger partial charge < -0.3 is 10.0 Å². The predicted octanol–water partition coefficient (Wildman–Crippen LogP) is 2.46. The Morgan fingerprint density at radius 3 is 2.83 bits per heavy atom. The maximum absolute atomic E-state index is 9.61. The molecule has 1 saturated heterocycles. The van der Waals surface area contributed by atoms with Crippen LogP contribution in [-0.2, 0) is 0 Å². The standard InChI is InChI=1S/C12H11ClIN3O/c1-6-10(18)5-17(6)12-8-3-15-11(13)2-7(8)9(14)4-16-12/h2-4,6,10,18H,5H2,1H3. The van der Waals surface area contributed by atoms with Crippen LogP contribution in [0, 0.1) is 3.57 Å². The summed E-state index contributed by atoms with van der Waals surface area (Å²) in [5.74, 6) is 0.868. The maximum atomic E-state index is 9.61. The number of pyridine rings is 2. The summed E-state index contributed by atoms with van der Waals surface area (Å²) in [6.07, 6.45) is 3.30. The highest BCUT2D eigenvalue weighted by molar-refractivity contribution is 14.1. The van der Waals surface area contributed by atoms with Gasteiger partial charge in [-0.15, -0.1) is 0 Å². The topological polar surface area (TPSA) is 49.2 Å². The molecule has 2 aromatic heterocycles. The number of hydrogen-bond acceptors (Lipinski definition) is 4. The fourth-order valence-electron chi connectivity index (χ4n) is 2.16. The quantitative estimate of drug-likeness (QED) is 0.614.